The van der Waals surface area contributed by atoms with Gasteiger partial charge in [-0.15, -0.1) is 0 Å². The fraction of sp³-hybridized carbons (Fsp3) is 0.350. The fourth-order valence-electron chi connectivity index (χ4n) is 3.72. The van der Waals surface area contributed by atoms with Crippen molar-refractivity contribution < 1.29 is 9.90 Å². The molecule has 0 bridgehead atoms. The monoisotopic (exact) mass is 358 g/mol. The van der Waals surface area contributed by atoms with Crippen molar-refractivity contribution in [3.8, 4) is 0 Å². The second kappa shape index (κ2) is 7.89. The van der Waals surface area contributed by atoms with Crippen molar-refractivity contribution in [2.75, 3.05) is 13.1 Å². The van der Waals surface area contributed by atoms with E-state index in [4.69, 9.17) is 11.6 Å². The summed E-state index contributed by atoms with van der Waals surface area (Å²) in [5.41, 5.74) is 2.27. The summed E-state index contributed by atoms with van der Waals surface area (Å²) in [6.45, 7) is 3.42. The summed E-state index contributed by atoms with van der Waals surface area (Å²) in [5.74, 6) is 0.131. The Morgan fingerprint density at radius 1 is 1.20 bits per heavy atom. The van der Waals surface area contributed by atoms with Crippen LogP contribution in [-0.2, 0) is 6.42 Å². The lowest BCUT2D eigenvalue weighted by Crippen LogP contribution is -2.49. The van der Waals surface area contributed by atoms with Gasteiger partial charge in [0.25, 0.3) is 0 Å². The third-order valence-corrected chi connectivity index (χ3v) is 5.16. The number of nitrogens with zero attached hydrogens (tertiary/aromatic N) is 1. The van der Waals surface area contributed by atoms with Crippen molar-refractivity contribution >= 4 is 17.7 Å². The predicted octanol–water partition coefficient (Wildman–Crippen LogP) is 4.01. The van der Waals surface area contributed by atoms with Crippen LogP contribution in [0.25, 0.3) is 0 Å². The van der Waals surface area contributed by atoms with Gasteiger partial charge in [-0.3, -0.25) is 0 Å². The smallest absolute Gasteiger partial charge is 0.407 e. The summed E-state index contributed by atoms with van der Waals surface area (Å²) in [6.07, 6.45) is -0.159. The van der Waals surface area contributed by atoms with Crippen LogP contribution in [0.15, 0.2) is 54.6 Å². The average molecular weight is 359 g/mol. The molecule has 1 aliphatic rings. The fourth-order valence-corrected chi connectivity index (χ4v) is 3.84. The van der Waals surface area contributed by atoms with E-state index in [1.807, 2.05) is 61.5 Å². The van der Waals surface area contributed by atoms with Crippen LogP contribution >= 0.6 is 11.6 Å². The van der Waals surface area contributed by atoms with Gasteiger partial charge in [0, 0.05) is 30.1 Å². The molecule has 3 rings (SSSR count). The van der Waals surface area contributed by atoms with Crippen molar-refractivity contribution in [1.82, 2.24) is 10.2 Å². The van der Waals surface area contributed by atoms with Crippen LogP contribution in [0.4, 0.5) is 4.79 Å². The molecular formula is C20H23ClN2O2. The maximum absolute atomic E-state index is 12.0. The van der Waals surface area contributed by atoms with Crippen molar-refractivity contribution in [3.05, 3.63) is 70.7 Å². The number of halogens is 1. The Kier molecular flexibility index (Phi) is 5.61. The number of amides is 1. The standard InChI is InChI=1S/C20H23ClN2O2/c1-14(11-15-5-3-2-4-6-15)23(20(24)25)19-13-22-12-18(19)16-7-9-17(21)10-8-16/h2-10,14,18-19,22H,11-13H2,1H3,(H,24,25)/t14?,18-,19+/m0/s1. The first-order valence-corrected chi connectivity index (χ1v) is 8.95. The second-order valence-corrected chi connectivity index (χ2v) is 7.05. The average Bonchev–Trinajstić information content (AvgIpc) is 3.05. The summed E-state index contributed by atoms with van der Waals surface area (Å²) in [6, 6.07) is 17.6. The molecule has 132 valence electrons. The third-order valence-electron chi connectivity index (χ3n) is 4.91. The van der Waals surface area contributed by atoms with Gasteiger partial charge in [-0.2, -0.15) is 0 Å². The molecule has 2 aromatic rings. The molecule has 0 aromatic heterocycles. The third kappa shape index (κ3) is 4.14. The Morgan fingerprint density at radius 2 is 1.88 bits per heavy atom. The van der Waals surface area contributed by atoms with Gasteiger partial charge in [-0.1, -0.05) is 54.1 Å². The topological polar surface area (TPSA) is 52.6 Å². The Bertz CT molecular complexity index is 705. The number of benzene rings is 2. The van der Waals surface area contributed by atoms with Gasteiger partial charge < -0.3 is 15.3 Å². The molecule has 3 atom stereocenters. The minimum absolute atomic E-state index is 0.0858. The lowest BCUT2D eigenvalue weighted by molar-refractivity contribution is 0.102. The first-order valence-electron chi connectivity index (χ1n) is 8.57. The van der Waals surface area contributed by atoms with Gasteiger partial charge in [0.15, 0.2) is 0 Å². The van der Waals surface area contributed by atoms with Crippen LogP contribution in [-0.4, -0.2) is 41.3 Å². The predicted molar refractivity (Wildman–Crippen MR) is 100 cm³/mol. The van der Waals surface area contributed by atoms with Crippen LogP contribution in [0.3, 0.4) is 0 Å². The largest absolute Gasteiger partial charge is 0.465 e. The van der Waals surface area contributed by atoms with Crippen LogP contribution in [0.2, 0.25) is 5.02 Å². The molecule has 2 aromatic carbocycles. The van der Waals surface area contributed by atoms with Crippen LogP contribution < -0.4 is 5.32 Å². The zero-order valence-electron chi connectivity index (χ0n) is 14.2. The van der Waals surface area contributed by atoms with Crippen molar-refractivity contribution in [2.45, 2.75) is 31.3 Å². The maximum Gasteiger partial charge on any atom is 0.407 e. The summed E-state index contributed by atoms with van der Waals surface area (Å²) in [7, 11) is 0. The molecule has 1 amide bonds. The lowest BCUT2D eigenvalue weighted by atomic mass is 9.92. The number of rotatable bonds is 5. The number of carboxylic acid groups (broad SMARTS) is 1. The zero-order valence-corrected chi connectivity index (χ0v) is 15.0. The van der Waals surface area contributed by atoms with Crippen LogP contribution in [0.5, 0.6) is 0 Å². The van der Waals surface area contributed by atoms with Crippen LogP contribution in [0.1, 0.15) is 24.0 Å². The van der Waals surface area contributed by atoms with E-state index >= 15 is 0 Å². The van der Waals surface area contributed by atoms with E-state index in [-0.39, 0.29) is 18.0 Å². The summed E-state index contributed by atoms with van der Waals surface area (Å²) >= 11 is 5.99. The maximum atomic E-state index is 12.0. The van der Waals surface area contributed by atoms with Crippen LogP contribution in [0, 0.1) is 0 Å². The van der Waals surface area contributed by atoms with Crippen molar-refractivity contribution in [3.63, 3.8) is 0 Å². The molecule has 4 nitrogen and oxygen atoms in total. The highest BCUT2D eigenvalue weighted by Crippen LogP contribution is 2.29. The SMILES string of the molecule is CC(Cc1ccccc1)N(C(=O)O)[C@@H]1CNC[C@H]1c1ccc(Cl)cc1. The Morgan fingerprint density at radius 3 is 2.52 bits per heavy atom. The zero-order chi connectivity index (χ0) is 17.8. The Balaban J connectivity index is 1.81. The number of hydrogen-bond acceptors (Lipinski definition) is 2. The molecule has 1 unspecified atom stereocenters. The summed E-state index contributed by atoms with van der Waals surface area (Å²) in [4.78, 5) is 13.6. The lowest BCUT2D eigenvalue weighted by Gasteiger charge is -2.35. The number of nitrogens with one attached hydrogen (secondary N) is 1. The number of carbonyl (C=O) groups is 1. The van der Waals surface area contributed by atoms with Gasteiger partial charge in [0.2, 0.25) is 0 Å². The molecule has 1 heterocycles. The normalized spacial score (nSPS) is 21.0. The first kappa shape index (κ1) is 17.8. The molecule has 0 spiro atoms. The quantitative estimate of drug-likeness (QED) is 0.849. The minimum atomic E-state index is -0.865. The molecule has 1 saturated heterocycles. The van der Waals surface area contributed by atoms with Gasteiger partial charge >= 0.3 is 6.09 Å². The molecule has 0 saturated carbocycles. The van der Waals surface area contributed by atoms with Crippen molar-refractivity contribution in [1.29, 1.82) is 0 Å². The van der Waals surface area contributed by atoms with E-state index in [1.165, 1.54) is 0 Å². The molecular weight excluding hydrogens is 336 g/mol. The van der Waals surface area contributed by atoms with E-state index in [0.717, 1.165) is 17.7 Å². The second-order valence-electron chi connectivity index (χ2n) is 6.61. The molecule has 25 heavy (non-hydrogen) atoms. The van der Waals surface area contributed by atoms with Gasteiger partial charge in [-0.25, -0.2) is 4.79 Å². The highest BCUT2D eigenvalue weighted by atomic mass is 35.5. The van der Waals surface area contributed by atoms with E-state index < -0.39 is 6.09 Å². The Hall–Kier alpha value is -2.04. The molecule has 0 radical (unpaired) electrons. The minimum Gasteiger partial charge on any atom is -0.465 e. The molecule has 1 aliphatic heterocycles. The van der Waals surface area contributed by atoms with E-state index in [2.05, 4.69) is 5.32 Å². The summed E-state index contributed by atoms with van der Waals surface area (Å²) in [5, 5.41) is 13.9. The molecule has 2 N–H and O–H groups in total. The highest BCUT2D eigenvalue weighted by molar-refractivity contribution is 6.30. The molecule has 0 aliphatic carbocycles. The Labute approximate surface area is 153 Å². The van der Waals surface area contributed by atoms with Gasteiger partial charge in [0.1, 0.15) is 0 Å². The first-order chi connectivity index (χ1) is 12.1. The summed E-state index contributed by atoms with van der Waals surface area (Å²) < 4.78 is 0. The number of hydrogen-bond donors (Lipinski definition) is 2. The van der Waals surface area contributed by atoms with E-state index in [9.17, 15) is 9.90 Å². The van der Waals surface area contributed by atoms with Crippen molar-refractivity contribution in [2.24, 2.45) is 0 Å². The van der Waals surface area contributed by atoms with E-state index in [0.29, 0.717) is 18.0 Å². The molecule has 1 fully saturated rings. The molecule has 5 heteroatoms. The van der Waals surface area contributed by atoms with Gasteiger partial charge in [0.05, 0.1) is 6.04 Å². The van der Waals surface area contributed by atoms with Gasteiger partial charge in [-0.05, 0) is 36.6 Å². The van der Waals surface area contributed by atoms with E-state index in [1.54, 1.807) is 4.90 Å². The highest BCUT2D eigenvalue weighted by Gasteiger charge is 2.38.